The Labute approximate surface area is 94.3 Å². The van der Waals surface area contributed by atoms with Gasteiger partial charge in [-0.1, -0.05) is 29.8 Å². The number of aromatic nitrogens is 2. The summed E-state index contributed by atoms with van der Waals surface area (Å²) in [5.41, 5.74) is 1.88. The molecule has 0 saturated carbocycles. The van der Waals surface area contributed by atoms with Crippen LogP contribution in [0.4, 0.5) is 0 Å². The molecule has 0 amide bonds. The summed E-state index contributed by atoms with van der Waals surface area (Å²) in [4.78, 5) is 6.37. The van der Waals surface area contributed by atoms with Crippen molar-refractivity contribution in [2.24, 2.45) is 0 Å². The number of benzene rings is 1. The van der Waals surface area contributed by atoms with E-state index in [2.05, 4.69) is 9.97 Å². The Hall–Kier alpha value is -1.62. The molecule has 1 heterocycles. The molecule has 5 heteroatoms. The molecule has 0 aliphatic rings. The van der Waals surface area contributed by atoms with E-state index >= 15 is 0 Å². The minimum Gasteiger partial charge on any atom is -0.336 e. The molecule has 4 nitrogen and oxygen atoms in total. The molecule has 1 aromatic heterocycles. The Morgan fingerprint density at radius 3 is 2.50 bits per heavy atom. The number of rotatable bonds is 3. The second-order valence-corrected chi connectivity index (χ2v) is 5.54. The van der Waals surface area contributed by atoms with E-state index in [1.54, 1.807) is 0 Å². The van der Waals surface area contributed by atoms with E-state index in [4.69, 9.17) is 0 Å². The number of imidazole rings is 1. The first-order valence-corrected chi connectivity index (χ1v) is 6.51. The van der Waals surface area contributed by atoms with Crippen molar-refractivity contribution in [2.75, 3.05) is 0 Å². The Bertz CT molecular complexity index is 557. The van der Waals surface area contributed by atoms with Crippen LogP contribution in [0.3, 0.4) is 0 Å². The van der Waals surface area contributed by atoms with Crippen molar-refractivity contribution in [3.8, 4) is 0 Å². The Morgan fingerprint density at radius 1 is 1.25 bits per heavy atom. The average molecular weight is 236 g/mol. The lowest BCUT2D eigenvalue weighted by molar-refractivity contribution is 0.588. The minimum absolute atomic E-state index is 0.0214. The summed E-state index contributed by atoms with van der Waals surface area (Å²) >= 11 is 0. The van der Waals surface area contributed by atoms with Gasteiger partial charge in [0.1, 0.15) is 0 Å². The lowest BCUT2D eigenvalue weighted by Crippen LogP contribution is -2.06. The van der Waals surface area contributed by atoms with E-state index in [9.17, 15) is 8.42 Å². The van der Waals surface area contributed by atoms with Crippen LogP contribution in [-0.2, 0) is 15.6 Å². The fraction of sp³-hybridized carbons (Fsp3) is 0.182. The highest BCUT2D eigenvalue weighted by molar-refractivity contribution is 7.90. The summed E-state index contributed by atoms with van der Waals surface area (Å²) in [5, 5.41) is 0.0214. The molecule has 0 atom stereocenters. The van der Waals surface area contributed by atoms with Crippen molar-refractivity contribution in [3.05, 3.63) is 47.8 Å². The van der Waals surface area contributed by atoms with Gasteiger partial charge in [-0.25, -0.2) is 13.4 Å². The van der Waals surface area contributed by atoms with Gasteiger partial charge < -0.3 is 4.98 Å². The highest BCUT2D eigenvalue weighted by Crippen LogP contribution is 2.12. The molecule has 2 rings (SSSR count). The van der Waals surface area contributed by atoms with Crippen molar-refractivity contribution in [1.82, 2.24) is 9.97 Å². The van der Waals surface area contributed by atoms with Crippen molar-refractivity contribution in [2.45, 2.75) is 17.8 Å². The molecule has 84 valence electrons. The van der Waals surface area contributed by atoms with Gasteiger partial charge in [0, 0.05) is 12.4 Å². The highest BCUT2D eigenvalue weighted by Gasteiger charge is 2.17. The lowest BCUT2D eigenvalue weighted by atomic mass is 10.2. The number of hydrogen-bond donors (Lipinski definition) is 1. The zero-order chi connectivity index (χ0) is 11.6. The van der Waals surface area contributed by atoms with Crippen LogP contribution in [0.2, 0.25) is 0 Å². The molecular formula is C11H12N2O2S. The summed E-state index contributed by atoms with van der Waals surface area (Å²) in [6.45, 7) is 1.96. The smallest absolute Gasteiger partial charge is 0.225 e. The van der Waals surface area contributed by atoms with E-state index in [-0.39, 0.29) is 10.9 Å². The number of aromatic amines is 1. The second-order valence-electron chi connectivity index (χ2n) is 3.64. The van der Waals surface area contributed by atoms with Crippen molar-refractivity contribution in [1.29, 1.82) is 0 Å². The van der Waals surface area contributed by atoms with Crippen LogP contribution >= 0.6 is 0 Å². The molecule has 0 spiro atoms. The summed E-state index contributed by atoms with van der Waals surface area (Å²) in [6.07, 6.45) is 2.93. The highest BCUT2D eigenvalue weighted by atomic mass is 32.2. The summed E-state index contributed by atoms with van der Waals surface area (Å²) in [5.74, 6) is -0.0270. The van der Waals surface area contributed by atoms with Gasteiger partial charge >= 0.3 is 0 Å². The molecule has 0 radical (unpaired) electrons. The zero-order valence-electron chi connectivity index (χ0n) is 8.84. The summed E-state index contributed by atoms with van der Waals surface area (Å²) in [6, 6.07) is 7.42. The monoisotopic (exact) mass is 236 g/mol. The molecule has 1 aromatic carbocycles. The number of nitrogens with zero attached hydrogens (tertiary/aromatic N) is 1. The van der Waals surface area contributed by atoms with Crippen molar-refractivity contribution >= 4 is 9.84 Å². The third-order valence-corrected chi connectivity index (χ3v) is 3.77. The third kappa shape index (κ3) is 2.30. The van der Waals surface area contributed by atoms with Gasteiger partial charge in [0.05, 0.1) is 5.75 Å². The molecule has 0 fully saturated rings. The maximum absolute atomic E-state index is 11.9. The van der Waals surface area contributed by atoms with Gasteiger partial charge in [-0.3, -0.25) is 0 Å². The molecule has 0 unspecified atom stereocenters. The summed E-state index contributed by atoms with van der Waals surface area (Å²) in [7, 11) is -3.35. The van der Waals surface area contributed by atoms with Gasteiger partial charge in [-0.2, -0.15) is 0 Å². The second kappa shape index (κ2) is 4.09. The standard InChI is InChI=1S/C11H12N2O2S/c1-9-2-4-10(5-3-9)8-16(14,15)11-12-6-7-13-11/h2-7H,8H2,1H3,(H,12,13). The van der Waals surface area contributed by atoms with Gasteiger partial charge in [0.25, 0.3) is 0 Å². The van der Waals surface area contributed by atoms with Crippen LogP contribution < -0.4 is 0 Å². The Kier molecular flexibility index (Phi) is 2.78. The molecule has 0 saturated heterocycles. The fourth-order valence-electron chi connectivity index (χ4n) is 1.39. The summed E-state index contributed by atoms with van der Waals surface area (Å²) < 4.78 is 23.7. The first-order valence-electron chi connectivity index (χ1n) is 4.85. The van der Waals surface area contributed by atoms with E-state index < -0.39 is 9.84 Å². The van der Waals surface area contributed by atoms with Crippen LogP contribution in [0.1, 0.15) is 11.1 Å². The number of sulfone groups is 1. The molecule has 0 bridgehead atoms. The van der Waals surface area contributed by atoms with Crippen molar-refractivity contribution in [3.63, 3.8) is 0 Å². The van der Waals surface area contributed by atoms with Crippen LogP contribution in [0.5, 0.6) is 0 Å². The molecule has 0 aliphatic carbocycles. The van der Waals surface area contributed by atoms with Gasteiger partial charge in [-0.15, -0.1) is 0 Å². The van der Waals surface area contributed by atoms with E-state index in [0.717, 1.165) is 11.1 Å². The van der Waals surface area contributed by atoms with E-state index in [0.29, 0.717) is 0 Å². The van der Waals surface area contributed by atoms with Gasteiger partial charge in [0.2, 0.25) is 15.0 Å². The van der Waals surface area contributed by atoms with E-state index in [1.165, 1.54) is 12.4 Å². The van der Waals surface area contributed by atoms with E-state index in [1.807, 2.05) is 31.2 Å². The normalized spacial score (nSPS) is 11.6. The zero-order valence-corrected chi connectivity index (χ0v) is 9.66. The van der Waals surface area contributed by atoms with Crippen LogP contribution in [0, 0.1) is 6.92 Å². The van der Waals surface area contributed by atoms with Crippen LogP contribution in [0.15, 0.2) is 41.8 Å². The predicted octanol–water partition coefficient (Wildman–Crippen LogP) is 1.69. The average Bonchev–Trinajstić information content (AvgIpc) is 2.75. The number of H-pyrrole nitrogens is 1. The lowest BCUT2D eigenvalue weighted by Gasteiger charge is -2.01. The first-order chi connectivity index (χ1) is 7.58. The maximum Gasteiger partial charge on any atom is 0.225 e. The number of aryl methyl sites for hydroxylation is 1. The van der Waals surface area contributed by atoms with Gasteiger partial charge in [-0.05, 0) is 12.5 Å². The number of nitrogens with one attached hydrogen (secondary N) is 1. The molecule has 1 N–H and O–H groups in total. The quantitative estimate of drug-likeness (QED) is 0.882. The third-order valence-electron chi connectivity index (χ3n) is 2.25. The molecule has 2 aromatic rings. The van der Waals surface area contributed by atoms with Crippen molar-refractivity contribution < 1.29 is 8.42 Å². The Morgan fingerprint density at radius 2 is 1.94 bits per heavy atom. The van der Waals surface area contributed by atoms with Gasteiger partial charge in [0.15, 0.2) is 0 Å². The number of hydrogen-bond acceptors (Lipinski definition) is 3. The largest absolute Gasteiger partial charge is 0.336 e. The maximum atomic E-state index is 11.9. The van der Waals surface area contributed by atoms with Crippen LogP contribution in [0.25, 0.3) is 0 Å². The van der Waals surface area contributed by atoms with Crippen LogP contribution in [-0.4, -0.2) is 18.4 Å². The topological polar surface area (TPSA) is 62.8 Å². The Balaban J connectivity index is 2.25. The minimum atomic E-state index is -3.35. The molecule has 0 aliphatic heterocycles. The molecular weight excluding hydrogens is 224 g/mol. The first kappa shape index (κ1) is 10.9. The SMILES string of the molecule is Cc1ccc(CS(=O)(=O)c2ncc[nH]2)cc1. The molecule has 16 heavy (non-hydrogen) atoms. The fourth-order valence-corrected chi connectivity index (χ4v) is 2.63. The predicted molar refractivity (Wildman–Crippen MR) is 60.7 cm³/mol.